The van der Waals surface area contributed by atoms with Crippen molar-refractivity contribution in [1.29, 1.82) is 0 Å². The summed E-state index contributed by atoms with van der Waals surface area (Å²) < 4.78 is 7.37. The largest absolute Gasteiger partial charge is 0.424 e. The van der Waals surface area contributed by atoms with Crippen molar-refractivity contribution >= 4 is 0 Å². The summed E-state index contributed by atoms with van der Waals surface area (Å²) in [5.41, 5.74) is 1.20. The molecular weight excluding hydrogens is 270 g/mol. The van der Waals surface area contributed by atoms with Gasteiger partial charge in [0.2, 0.25) is 11.8 Å². The second-order valence-electron chi connectivity index (χ2n) is 5.49. The topological polar surface area (TPSA) is 80.2 Å². The Balaban J connectivity index is 1.66. The zero-order valence-corrected chi connectivity index (χ0v) is 12.3. The fourth-order valence-corrected chi connectivity index (χ4v) is 3.00. The molecule has 7 heteroatoms. The molecule has 0 bridgehead atoms. The predicted molar refractivity (Wildman–Crippen MR) is 75.6 cm³/mol. The molecule has 1 saturated heterocycles. The lowest BCUT2D eigenvalue weighted by Gasteiger charge is -2.32. The lowest BCUT2D eigenvalue weighted by Crippen LogP contribution is -2.35. The van der Waals surface area contributed by atoms with E-state index in [-0.39, 0.29) is 6.61 Å². The van der Waals surface area contributed by atoms with Crippen LogP contribution in [0.15, 0.2) is 16.7 Å². The standard InChI is InChI=1S/C14H21N5O2/c1-11-16-17-14(21-11)10-18-6-2-3-12(9-18)13-4-5-15-19(13)7-8-20/h4-5,12,20H,2-3,6-10H2,1H3. The first-order chi connectivity index (χ1) is 10.3. The van der Waals surface area contributed by atoms with Gasteiger partial charge >= 0.3 is 0 Å². The van der Waals surface area contributed by atoms with Crippen LogP contribution in [0.4, 0.5) is 0 Å². The van der Waals surface area contributed by atoms with Crippen molar-refractivity contribution in [3.05, 3.63) is 29.7 Å². The van der Waals surface area contributed by atoms with Crippen LogP contribution in [0.1, 0.15) is 36.2 Å². The molecule has 114 valence electrons. The van der Waals surface area contributed by atoms with Gasteiger partial charge in [0, 0.05) is 31.3 Å². The molecule has 1 N–H and O–H groups in total. The second kappa shape index (κ2) is 6.36. The molecule has 3 rings (SSSR count). The summed E-state index contributed by atoms with van der Waals surface area (Å²) in [6.07, 6.45) is 4.10. The molecular formula is C14H21N5O2. The van der Waals surface area contributed by atoms with Crippen molar-refractivity contribution < 1.29 is 9.52 Å². The highest BCUT2D eigenvalue weighted by atomic mass is 16.4. The van der Waals surface area contributed by atoms with Gasteiger partial charge in [-0.25, -0.2) is 0 Å². The molecule has 0 aliphatic carbocycles. The van der Waals surface area contributed by atoms with Crippen LogP contribution in [0.2, 0.25) is 0 Å². The van der Waals surface area contributed by atoms with Gasteiger partial charge in [-0.05, 0) is 25.5 Å². The molecule has 1 aliphatic rings. The Labute approximate surface area is 123 Å². The highest BCUT2D eigenvalue weighted by molar-refractivity contribution is 5.10. The number of aliphatic hydroxyl groups excluding tert-OH is 1. The molecule has 7 nitrogen and oxygen atoms in total. The number of hydrogen-bond donors (Lipinski definition) is 1. The number of aliphatic hydroxyl groups is 1. The zero-order valence-electron chi connectivity index (χ0n) is 12.3. The summed E-state index contributed by atoms with van der Waals surface area (Å²) in [6.45, 7) is 5.19. The molecule has 2 aromatic heterocycles. The fraction of sp³-hybridized carbons (Fsp3) is 0.643. The number of piperidine rings is 1. The third-order valence-electron chi connectivity index (χ3n) is 3.91. The third kappa shape index (κ3) is 3.30. The average molecular weight is 291 g/mol. The van der Waals surface area contributed by atoms with Gasteiger partial charge in [-0.3, -0.25) is 9.58 Å². The minimum absolute atomic E-state index is 0.117. The fourth-order valence-electron chi connectivity index (χ4n) is 3.00. The quantitative estimate of drug-likeness (QED) is 0.883. The first-order valence-corrected chi connectivity index (χ1v) is 7.40. The Bertz CT molecular complexity index is 579. The molecule has 1 atom stereocenters. The lowest BCUT2D eigenvalue weighted by atomic mass is 9.94. The van der Waals surface area contributed by atoms with E-state index in [4.69, 9.17) is 9.52 Å². The number of likely N-dealkylation sites (tertiary alicyclic amines) is 1. The van der Waals surface area contributed by atoms with Gasteiger partial charge in [-0.2, -0.15) is 5.10 Å². The van der Waals surface area contributed by atoms with Crippen molar-refractivity contribution in [2.24, 2.45) is 0 Å². The predicted octanol–water partition coefficient (Wildman–Crippen LogP) is 0.946. The van der Waals surface area contributed by atoms with Crippen LogP contribution in [0.25, 0.3) is 0 Å². The van der Waals surface area contributed by atoms with E-state index in [1.54, 1.807) is 0 Å². The van der Waals surface area contributed by atoms with Crippen LogP contribution < -0.4 is 0 Å². The van der Waals surface area contributed by atoms with Crippen LogP contribution in [0, 0.1) is 6.92 Å². The summed E-state index contributed by atoms with van der Waals surface area (Å²) in [5.74, 6) is 1.73. The molecule has 3 heterocycles. The van der Waals surface area contributed by atoms with E-state index in [1.807, 2.05) is 17.8 Å². The number of rotatable bonds is 5. The van der Waals surface area contributed by atoms with Crippen molar-refractivity contribution in [1.82, 2.24) is 24.9 Å². The molecule has 1 fully saturated rings. The number of nitrogens with zero attached hydrogens (tertiary/aromatic N) is 5. The maximum Gasteiger partial charge on any atom is 0.230 e. The monoisotopic (exact) mass is 291 g/mol. The van der Waals surface area contributed by atoms with E-state index in [2.05, 4.69) is 26.3 Å². The SMILES string of the molecule is Cc1nnc(CN2CCCC(c3ccnn3CCO)C2)o1. The van der Waals surface area contributed by atoms with Crippen LogP contribution >= 0.6 is 0 Å². The van der Waals surface area contributed by atoms with Gasteiger partial charge in [0.05, 0.1) is 19.7 Å². The maximum atomic E-state index is 9.11. The Morgan fingerprint density at radius 1 is 1.43 bits per heavy atom. The Morgan fingerprint density at radius 3 is 3.10 bits per heavy atom. The minimum Gasteiger partial charge on any atom is -0.424 e. The van der Waals surface area contributed by atoms with E-state index < -0.39 is 0 Å². The number of aromatic nitrogens is 4. The molecule has 2 aromatic rings. The molecule has 1 unspecified atom stereocenters. The lowest BCUT2D eigenvalue weighted by molar-refractivity contribution is 0.177. The first-order valence-electron chi connectivity index (χ1n) is 7.40. The maximum absolute atomic E-state index is 9.11. The average Bonchev–Trinajstić information content (AvgIpc) is 3.09. The Hall–Kier alpha value is -1.73. The normalized spacial score (nSPS) is 20.0. The third-order valence-corrected chi connectivity index (χ3v) is 3.91. The summed E-state index contributed by atoms with van der Waals surface area (Å²) in [7, 11) is 0. The minimum atomic E-state index is 0.117. The van der Waals surface area contributed by atoms with Gasteiger partial charge in [0.25, 0.3) is 0 Å². The second-order valence-corrected chi connectivity index (χ2v) is 5.49. The van der Waals surface area contributed by atoms with Crippen LogP contribution in [-0.2, 0) is 13.1 Å². The first kappa shape index (κ1) is 14.2. The van der Waals surface area contributed by atoms with Crippen molar-refractivity contribution in [2.75, 3.05) is 19.7 Å². The van der Waals surface area contributed by atoms with E-state index >= 15 is 0 Å². The highest BCUT2D eigenvalue weighted by Gasteiger charge is 2.25. The van der Waals surface area contributed by atoms with Gasteiger partial charge in [0.15, 0.2) is 0 Å². The van der Waals surface area contributed by atoms with Gasteiger partial charge in [0.1, 0.15) is 0 Å². The molecule has 0 amide bonds. The molecule has 0 aromatic carbocycles. The van der Waals surface area contributed by atoms with Gasteiger partial charge in [-0.1, -0.05) is 0 Å². The molecule has 1 aliphatic heterocycles. The summed E-state index contributed by atoms with van der Waals surface area (Å²) in [5, 5.41) is 21.3. The zero-order chi connectivity index (χ0) is 14.7. The Kier molecular flexibility index (Phi) is 4.31. The smallest absolute Gasteiger partial charge is 0.230 e. The van der Waals surface area contributed by atoms with Crippen molar-refractivity contribution in [3.8, 4) is 0 Å². The van der Waals surface area contributed by atoms with Crippen LogP contribution in [0.5, 0.6) is 0 Å². The van der Waals surface area contributed by atoms with Crippen LogP contribution in [0.3, 0.4) is 0 Å². The van der Waals surface area contributed by atoms with E-state index in [0.29, 0.717) is 30.8 Å². The molecule has 21 heavy (non-hydrogen) atoms. The van der Waals surface area contributed by atoms with Crippen molar-refractivity contribution in [3.63, 3.8) is 0 Å². The van der Waals surface area contributed by atoms with Gasteiger partial charge < -0.3 is 9.52 Å². The van der Waals surface area contributed by atoms with E-state index in [0.717, 1.165) is 25.9 Å². The molecule has 0 spiro atoms. The van der Waals surface area contributed by atoms with Gasteiger partial charge in [-0.15, -0.1) is 10.2 Å². The molecule has 0 saturated carbocycles. The molecule has 0 radical (unpaired) electrons. The van der Waals surface area contributed by atoms with E-state index in [9.17, 15) is 0 Å². The number of aryl methyl sites for hydroxylation is 1. The van der Waals surface area contributed by atoms with Crippen LogP contribution in [-0.4, -0.2) is 49.7 Å². The van der Waals surface area contributed by atoms with Crippen molar-refractivity contribution in [2.45, 2.75) is 38.8 Å². The Morgan fingerprint density at radius 2 is 2.33 bits per heavy atom. The van der Waals surface area contributed by atoms with E-state index in [1.165, 1.54) is 5.69 Å². The highest BCUT2D eigenvalue weighted by Crippen LogP contribution is 2.27. The summed E-state index contributed by atoms with van der Waals surface area (Å²) in [4.78, 5) is 2.34. The summed E-state index contributed by atoms with van der Waals surface area (Å²) >= 11 is 0. The summed E-state index contributed by atoms with van der Waals surface area (Å²) in [6, 6.07) is 2.06. The number of hydrogen-bond acceptors (Lipinski definition) is 6.